The van der Waals surface area contributed by atoms with E-state index in [9.17, 15) is 14.4 Å². The van der Waals surface area contributed by atoms with Gasteiger partial charge in [0.25, 0.3) is 11.8 Å². The predicted molar refractivity (Wildman–Crippen MR) is 114 cm³/mol. The molecule has 2 aromatic carbocycles. The first-order valence-electron chi connectivity index (χ1n) is 9.56. The van der Waals surface area contributed by atoms with Crippen molar-refractivity contribution in [3.8, 4) is 5.75 Å². The fourth-order valence-electron chi connectivity index (χ4n) is 3.69. The Balaban J connectivity index is 1.50. The van der Waals surface area contributed by atoms with Crippen LogP contribution in [0.15, 0.2) is 46.7 Å². The normalized spacial score (nSPS) is 19.7. The summed E-state index contributed by atoms with van der Waals surface area (Å²) in [5.41, 5.74) is 2.99. The quantitative estimate of drug-likeness (QED) is 0.718. The van der Waals surface area contributed by atoms with Crippen molar-refractivity contribution in [3.63, 3.8) is 0 Å². The Bertz CT molecular complexity index is 1120. The van der Waals surface area contributed by atoms with E-state index in [1.54, 1.807) is 12.1 Å². The number of aryl methyl sites for hydroxylation is 2. The maximum atomic E-state index is 13.0. The number of carbonyl (C=O) groups is 3. The van der Waals surface area contributed by atoms with Crippen LogP contribution < -0.4 is 15.0 Å². The maximum absolute atomic E-state index is 13.0. The number of halogens is 1. The third kappa shape index (κ3) is 3.72. The second-order valence-corrected chi connectivity index (χ2v) is 7.80. The van der Waals surface area contributed by atoms with E-state index in [4.69, 9.17) is 16.3 Å². The molecule has 160 valence electrons. The second kappa shape index (κ2) is 7.99. The fraction of sp³-hybridized carbons (Fsp3) is 0.286. The van der Waals surface area contributed by atoms with Gasteiger partial charge in [0.2, 0.25) is 5.91 Å². The van der Waals surface area contributed by atoms with E-state index >= 15 is 0 Å². The van der Waals surface area contributed by atoms with E-state index in [0.29, 0.717) is 17.1 Å². The van der Waals surface area contributed by atoms with Crippen molar-refractivity contribution in [2.24, 2.45) is 10.3 Å². The molecule has 0 aromatic heterocycles. The van der Waals surface area contributed by atoms with Gasteiger partial charge in [-0.05, 0) is 43.7 Å². The van der Waals surface area contributed by atoms with Gasteiger partial charge in [-0.25, -0.2) is 4.90 Å². The number of ether oxygens (including phenoxy) is 1. The predicted octanol–water partition coefficient (Wildman–Crippen LogP) is 2.90. The molecule has 0 unspecified atom stereocenters. The highest BCUT2D eigenvalue weighted by atomic mass is 35.5. The highest BCUT2D eigenvalue weighted by Crippen LogP contribution is 2.35. The van der Waals surface area contributed by atoms with E-state index in [0.717, 1.165) is 16.0 Å². The standard InChI is InChI=1S/C21H20ClN5O4/c1-11-4-6-15(12(2)8-11)23-17(28)10-26-19-18(24-25-26)20(29)27(21(19)30)13-5-7-16(31-3)14(22)9-13/h4-9,18-19H,10H2,1-3H3,(H,23,28)/t18-,19-/m1/s1. The first kappa shape index (κ1) is 20.8. The van der Waals surface area contributed by atoms with Crippen molar-refractivity contribution in [1.82, 2.24) is 5.01 Å². The van der Waals surface area contributed by atoms with Crippen LogP contribution in [0.1, 0.15) is 11.1 Å². The van der Waals surface area contributed by atoms with Crippen LogP contribution in [-0.2, 0) is 14.4 Å². The Hall–Kier alpha value is -3.46. The summed E-state index contributed by atoms with van der Waals surface area (Å²) < 4.78 is 5.11. The first-order valence-corrected chi connectivity index (χ1v) is 9.94. The molecule has 1 saturated heterocycles. The zero-order valence-electron chi connectivity index (χ0n) is 17.1. The van der Waals surface area contributed by atoms with Crippen LogP contribution in [0.5, 0.6) is 5.75 Å². The largest absolute Gasteiger partial charge is 0.495 e. The molecule has 2 aliphatic rings. The molecule has 0 saturated carbocycles. The lowest BCUT2D eigenvalue weighted by atomic mass is 10.1. The molecule has 2 aromatic rings. The lowest BCUT2D eigenvalue weighted by Gasteiger charge is -2.20. The molecule has 0 bridgehead atoms. The fourth-order valence-corrected chi connectivity index (χ4v) is 3.95. The zero-order chi connectivity index (χ0) is 22.3. The van der Waals surface area contributed by atoms with Crippen LogP contribution in [0.25, 0.3) is 0 Å². The van der Waals surface area contributed by atoms with Crippen LogP contribution in [-0.4, -0.2) is 48.5 Å². The minimum absolute atomic E-state index is 0.214. The molecule has 4 rings (SSSR count). The van der Waals surface area contributed by atoms with Gasteiger partial charge in [-0.15, -0.1) is 0 Å². The topological polar surface area (TPSA) is 104 Å². The molecule has 0 aliphatic carbocycles. The Labute approximate surface area is 183 Å². The van der Waals surface area contributed by atoms with Crippen LogP contribution in [0.3, 0.4) is 0 Å². The number of anilines is 2. The van der Waals surface area contributed by atoms with Gasteiger partial charge in [-0.1, -0.05) is 34.5 Å². The number of methoxy groups -OCH3 is 1. The number of hydrogen-bond acceptors (Lipinski definition) is 7. The summed E-state index contributed by atoms with van der Waals surface area (Å²) in [5, 5.41) is 12.2. The summed E-state index contributed by atoms with van der Waals surface area (Å²) in [4.78, 5) is 39.4. The molecular formula is C21H20ClN5O4. The molecule has 2 atom stereocenters. The molecule has 1 N–H and O–H groups in total. The number of imide groups is 1. The van der Waals surface area contributed by atoms with Crippen LogP contribution >= 0.6 is 11.6 Å². The number of nitrogens with zero attached hydrogens (tertiary/aromatic N) is 4. The van der Waals surface area contributed by atoms with Crippen LogP contribution in [0, 0.1) is 13.8 Å². The molecule has 9 nitrogen and oxygen atoms in total. The lowest BCUT2D eigenvalue weighted by Crippen LogP contribution is -2.43. The number of amides is 3. The van der Waals surface area contributed by atoms with E-state index in [1.165, 1.54) is 18.2 Å². The Morgan fingerprint density at radius 1 is 1.16 bits per heavy atom. The van der Waals surface area contributed by atoms with E-state index in [1.807, 2.05) is 32.0 Å². The molecule has 0 spiro atoms. The summed E-state index contributed by atoms with van der Waals surface area (Å²) in [6.07, 6.45) is 0. The molecule has 31 heavy (non-hydrogen) atoms. The third-order valence-electron chi connectivity index (χ3n) is 5.21. The average Bonchev–Trinajstić information content (AvgIpc) is 3.24. The van der Waals surface area contributed by atoms with Gasteiger partial charge < -0.3 is 10.1 Å². The molecule has 2 aliphatic heterocycles. The zero-order valence-corrected chi connectivity index (χ0v) is 17.9. The van der Waals surface area contributed by atoms with Gasteiger partial charge in [0.15, 0.2) is 12.1 Å². The van der Waals surface area contributed by atoms with Gasteiger partial charge in [0.1, 0.15) is 12.3 Å². The Morgan fingerprint density at radius 2 is 1.94 bits per heavy atom. The van der Waals surface area contributed by atoms with Crippen molar-refractivity contribution in [2.75, 3.05) is 23.9 Å². The second-order valence-electron chi connectivity index (χ2n) is 7.39. The van der Waals surface area contributed by atoms with Crippen molar-refractivity contribution in [3.05, 3.63) is 52.5 Å². The lowest BCUT2D eigenvalue weighted by molar-refractivity contribution is -0.123. The van der Waals surface area contributed by atoms with E-state index in [2.05, 4.69) is 15.7 Å². The summed E-state index contributed by atoms with van der Waals surface area (Å²) >= 11 is 6.14. The van der Waals surface area contributed by atoms with Crippen molar-refractivity contribution in [2.45, 2.75) is 25.9 Å². The first-order chi connectivity index (χ1) is 14.8. The Kier molecular flexibility index (Phi) is 5.36. The molecule has 1 fully saturated rings. The summed E-state index contributed by atoms with van der Waals surface area (Å²) in [7, 11) is 1.47. The number of hydrogen-bond donors (Lipinski definition) is 1. The third-order valence-corrected chi connectivity index (χ3v) is 5.51. The van der Waals surface area contributed by atoms with Crippen molar-refractivity contribution in [1.29, 1.82) is 0 Å². The summed E-state index contributed by atoms with van der Waals surface area (Å²) in [6, 6.07) is 8.31. The number of rotatable bonds is 5. The average molecular weight is 442 g/mol. The van der Waals surface area contributed by atoms with E-state index in [-0.39, 0.29) is 17.5 Å². The summed E-state index contributed by atoms with van der Waals surface area (Å²) in [6.45, 7) is 3.65. The minimum atomic E-state index is -0.998. The van der Waals surface area contributed by atoms with Crippen LogP contribution in [0.4, 0.5) is 11.4 Å². The monoisotopic (exact) mass is 441 g/mol. The smallest absolute Gasteiger partial charge is 0.263 e. The molecule has 10 heteroatoms. The maximum Gasteiger partial charge on any atom is 0.263 e. The highest BCUT2D eigenvalue weighted by Gasteiger charge is 2.55. The van der Waals surface area contributed by atoms with Gasteiger partial charge in [0, 0.05) is 5.69 Å². The van der Waals surface area contributed by atoms with Gasteiger partial charge in [0.05, 0.1) is 17.8 Å². The minimum Gasteiger partial charge on any atom is -0.495 e. The molecule has 2 heterocycles. The molecule has 3 amide bonds. The Morgan fingerprint density at radius 3 is 2.61 bits per heavy atom. The molecule has 0 radical (unpaired) electrons. The van der Waals surface area contributed by atoms with Gasteiger partial charge in [-0.3, -0.25) is 19.4 Å². The number of fused-ring (bicyclic) bond motifs is 1. The number of benzene rings is 2. The van der Waals surface area contributed by atoms with Crippen molar-refractivity contribution >= 4 is 40.7 Å². The van der Waals surface area contributed by atoms with Crippen LogP contribution in [0.2, 0.25) is 5.02 Å². The van der Waals surface area contributed by atoms with Gasteiger partial charge in [-0.2, -0.15) is 5.11 Å². The number of carbonyl (C=O) groups excluding carboxylic acids is 3. The molecular weight excluding hydrogens is 422 g/mol. The van der Waals surface area contributed by atoms with Crippen molar-refractivity contribution < 1.29 is 19.1 Å². The van der Waals surface area contributed by atoms with Gasteiger partial charge >= 0.3 is 0 Å². The van der Waals surface area contributed by atoms with E-state index < -0.39 is 23.9 Å². The SMILES string of the molecule is COc1ccc(N2C(=O)[C@@H]3N=NN(CC(=O)Nc4ccc(C)cc4C)[C@H]3C2=O)cc1Cl. The number of nitrogens with one attached hydrogen (secondary N) is 1. The highest BCUT2D eigenvalue weighted by molar-refractivity contribution is 6.33. The summed E-state index contributed by atoms with van der Waals surface area (Å²) in [5.74, 6) is -0.968.